The van der Waals surface area contributed by atoms with Crippen molar-refractivity contribution in [1.82, 2.24) is 10.6 Å². The highest BCUT2D eigenvalue weighted by Crippen LogP contribution is 2.44. The van der Waals surface area contributed by atoms with E-state index in [2.05, 4.69) is 0 Å². The summed E-state index contributed by atoms with van der Waals surface area (Å²) in [5, 5.41) is 12.4. The number of alkyl carbamates (subject to hydrolysis) is 1. The van der Waals surface area contributed by atoms with Crippen molar-refractivity contribution in [3.63, 3.8) is 0 Å². The summed E-state index contributed by atoms with van der Waals surface area (Å²) < 4.78 is 41.8. The van der Waals surface area contributed by atoms with Gasteiger partial charge in [-0.25, -0.2) is 9.59 Å². The van der Waals surface area contributed by atoms with Gasteiger partial charge in [0.1, 0.15) is 12.6 Å². The third-order valence-corrected chi connectivity index (χ3v) is 4.66. The van der Waals surface area contributed by atoms with E-state index >= 15 is 0 Å². The lowest BCUT2D eigenvalue weighted by Crippen LogP contribution is -2.50. The molecule has 0 aromatic heterocycles. The normalized spacial score (nSPS) is 13.7. The Morgan fingerprint density at radius 1 is 1.00 bits per heavy atom. The van der Waals surface area contributed by atoms with E-state index in [1.165, 1.54) is 5.32 Å². The smallest absolute Gasteiger partial charge is 0.471 e. The number of nitrogens with one attached hydrogen (secondary N) is 2. The second-order valence-electron chi connectivity index (χ2n) is 6.57. The number of rotatable bonds is 6. The minimum Gasteiger partial charge on any atom is -0.480 e. The van der Waals surface area contributed by atoms with E-state index in [-0.39, 0.29) is 12.5 Å². The van der Waals surface area contributed by atoms with Crippen LogP contribution in [0.25, 0.3) is 11.1 Å². The first-order valence-corrected chi connectivity index (χ1v) is 8.88. The molecule has 7 nitrogen and oxygen atoms in total. The summed E-state index contributed by atoms with van der Waals surface area (Å²) in [6.45, 7) is -1.04. The van der Waals surface area contributed by atoms with Crippen molar-refractivity contribution < 1.29 is 37.4 Å². The average molecular weight is 422 g/mol. The Morgan fingerprint density at radius 2 is 1.53 bits per heavy atom. The summed E-state index contributed by atoms with van der Waals surface area (Å²) in [5.41, 5.74) is 3.89. The molecule has 30 heavy (non-hydrogen) atoms. The van der Waals surface area contributed by atoms with Gasteiger partial charge in [-0.3, -0.25) is 4.79 Å². The molecule has 0 bridgehead atoms. The van der Waals surface area contributed by atoms with Crippen molar-refractivity contribution >= 4 is 18.0 Å². The van der Waals surface area contributed by atoms with Crippen LogP contribution in [-0.2, 0) is 14.3 Å². The van der Waals surface area contributed by atoms with Crippen LogP contribution in [0.2, 0.25) is 0 Å². The van der Waals surface area contributed by atoms with Crippen LogP contribution in [0.1, 0.15) is 17.0 Å². The summed E-state index contributed by atoms with van der Waals surface area (Å²) in [6.07, 6.45) is -6.28. The Balaban J connectivity index is 1.62. The number of halogens is 3. The number of hydrogen-bond donors (Lipinski definition) is 3. The molecule has 2 aromatic carbocycles. The van der Waals surface area contributed by atoms with Gasteiger partial charge in [-0.2, -0.15) is 13.2 Å². The van der Waals surface area contributed by atoms with Crippen molar-refractivity contribution in [1.29, 1.82) is 0 Å². The average Bonchev–Trinajstić information content (AvgIpc) is 3.02. The molecule has 0 aliphatic heterocycles. The molecule has 3 N–H and O–H groups in total. The second-order valence-corrected chi connectivity index (χ2v) is 6.57. The molecule has 1 aliphatic rings. The second kappa shape index (κ2) is 8.44. The maximum Gasteiger partial charge on any atom is 0.471 e. The van der Waals surface area contributed by atoms with E-state index < -0.39 is 36.7 Å². The first kappa shape index (κ1) is 21.2. The topological polar surface area (TPSA) is 105 Å². The van der Waals surface area contributed by atoms with E-state index in [4.69, 9.17) is 9.84 Å². The van der Waals surface area contributed by atoms with Crippen LogP contribution < -0.4 is 10.6 Å². The predicted octanol–water partition coefficient (Wildman–Crippen LogP) is 2.66. The number of ether oxygens (including phenoxy) is 1. The number of carboxylic acids is 1. The molecule has 0 saturated heterocycles. The SMILES string of the molecule is O=C(NC(CNC(=O)C(F)(F)F)C(=O)O)OCC1c2ccccc2-c2ccccc21. The van der Waals surface area contributed by atoms with E-state index in [1.807, 2.05) is 53.8 Å². The van der Waals surface area contributed by atoms with Crippen LogP contribution in [-0.4, -0.2) is 48.4 Å². The molecular weight excluding hydrogens is 405 g/mol. The number of benzene rings is 2. The molecule has 0 saturated carbocycles. The van der Waals surface area contributed by atoms with Crippen LogP contribution in [0.15, 0.2) is 48.5 Å². The third-order valence-electron chi connectivity index (χ3n) is 4.66. The van der Waals surface area contributed by atoms with Crippen LogP contribution in [0.5, 0.6) is 0 Å². The Kier molecular flexibility index (Phi) is 5.95. The van der Waals surface area contributed by atoms with Crippen molar-refractivity contribution in [2.75, 3.05) is 13.2 Å². The predicted molar refractivity (Wildman–Crippen MR) is 98.7 cm³/mol. The number of carboxylic acid groups (broad SMARTS) is 1. The summed E-state index contributed by atoms with van der Waals surface area (Å²) in [6, 6.07) is 13.4. The first-order chi connectivity index (χ1) is 14.2. The third kappa shape index (κ3) is 4.53. The first-order valence-electron chi connectivity index (χ1n) is 8.88. The summed E-state index contributed by atoms with van der Waals surface area (Å²) in [7, 11) is 0. The van der Waals surface area contributed by atoms with Gasteiger partial charge in [-0.1, -0.05) is 48.5 Å². The van der Waals surface area contributed by atoms with Gasteiger partial charge in [-0.15, -0.1) is 0 Å². The maximum absolute atomic E-state index is 12.2. The van der Waals surface area contributed by atoms with E-state index in [0.29, 0.717) is 0 Å². The number of amides is 2. The zero-order valence-corrected chi connectivity index (χ0v) is 15.4. The number of aliphatic carboxylic acids is 1. The van der Waals surface area contributed by atoms with Crippen LogP contribution in [0, 0.1) is 0 Å². The molecule has 158 valence electrons. The monoisotopic (exact) mass is 422 g/mol. The molecule has 1 unspecified atom stereocenters. The van der Waals surface area contributed by atoms with E-state index in [9.17, 15) is 27.6 Å². The number of carbonyl (C=O) groups excluding carboxylic acids is 2. The summed E-state index contributed by atoms with van der Waals surface area (Å²) in [5.74, 6) is -4.19. The molecule has 2 amide bonds. The van der Waals surface area contributed by atoms with E-state index in [1.54, 1.807) is 0 Å². The highest BCUT2D eigenvalue weighted by atomic mass is 19.4. The largest absolute Gasteiger partial charge is 0.480 e. The van der Waals surface area contributed by atoms with Gasteiger partial charge in [0.15, 0.2) is 0 Å². The van der Waals surface area contributed by atoms with Crippen LogP contribution in [0.3, 0.4) is 0 Å². The fourth-order valence-electron chi connectivity index (χ4n) is 3.28. The molecular formula is C20H17F3N2O5. The van der Waals surface area contributed by atoms with E-state index in [0.717, 1.165) is 22.3 Å². The Labute approximate surface area is 168 Å². The van der Waals surface area contributed by atoms with Crippen LogP contribution >= 0.6 is 0 Å². The van der Waals surface area contributed by atoms with Gasteiger partial charge in [0.25, 0.3) is 0 Å². The molecule has 1 atom stereocenters. The standard InChI is InChI=1S/C20H17F3N2O5/c21-20(22,23)18(28)24-9-16(17(26)27)25-19(29)30-10-15-13-7-3-1-5-11(13)12-6-2-4-8-14(12)15/h1-8,15-16H,9-10H2,(H,24,28)(H,25,29)(H,26,27). The fourth-order valence-corrected chi connectivity index (χ4v) is 3.28. The molecule has 0 spiro atoms. The lowest BCUT2D eigenvalue weighted by Gasteiger charge is -2.18. The minimum absolute atomic E-state index is 0.0961. The van der Waals surface area contributed by atoms with Gasteiger partial charge < -0.3 is 20.5 Å². The molecule has 0 radical (unpaired) electrons. The number of hydrogen-bond acceptors (Lipinski definition) is 4. The minimum atomic E-state index is -5.16. The Bertz CT molecular complexity index is 931. The molecule has 0 fully saturated rings. The molecule has 0 heterocycles. The van der Waals surface area contributed by atoms with Crippen LogP contribution in [0.4, 0.5) is 18.0 Å². The lowest BCUT2D eigenvalue weighted by molar-refractivity contribution is -0.173. The van der Waals surface area contributed by atoms with Gasteiger partial charge in [0.2, 0.25) is 0 Å². The molecule has 3 rings (SSSR count). The quantitative estimate of drug-likeness (QED) is 0.664. The molecule has 10 heteroatoms. The highest BCUT2D eigenvalue weighted by molar-refractivity contribution is 5.84. The van der Waals surface area contributed by atoms with Gasteiger partial charge in [0, 0.05) is 12.5 Å². The number of alkyl halides is 3. The van der Waals surface area contributed by atoms with Gasteiger partial charge >= 0.3 is 24.1 Å². The summed E-state index contributed by atoms with van der Waals surface area (Å²) >= 11 is 0. The van der Waals surface area contributed by atoms with Crippen molar-refractivity contribution in [2.24, 2.45) is 0 Å². The van der Waals surface area contributed by atoms with Crippen molar-refractivity contribution in [3.05, 3.63) is 59.7 Å². The lowest BCUT2D eigenvalue weighted by atomic mass is 9.98. The highest BCUT2D eigenvalue weighted by Gasteiger charge is 2.39. The van der Waals surface area contributed by atoms with Gasteiger partial charge in [-0.05, 0) is 22.3 Å². The van der Waals surface area contributed by atoms with Crippen molar-refractivity contribution in [2.45, 2.75) is 18.1 Å². The van der Waals surface area contributed by atoms with Gasteiger partial charge in [0.05, 0.1) is 0 Å². The maximum atomic E-state index is 12.2. The zero-order valence-electron chi connectivity index (χ0n) is 15.4. The Morgan fingerprint density at radius 3 is 2.03 bits per heavy atom. The number of carbonyl (C=O) groups is 3. The fraction of sp³-hybridized carbons (Fsp3) is 0.250. The summed E-state index contributed by atoms with van der Waals surface area (Å²) in [4.78, 5) is 34.1. The molecule has 1 aliphatic carbocycles. The van der Waals surface area contributed by atoms with Crippen molar-refractivity contribution in [3.8, 4) is 11.1 Å². The Hall–Kier alpha value is -3.56. The zero-order chi connectivity index (χ0) is 21.9. The molecule has 2 aromatic rings. The number of fused-ring (bicyclic) bond motifs is 3.